The molecule has 2 aliphatic heterocycles. The Morgan fingerprint density at radius 2 is 1.20 bits per heavy atom. The number of nitrogens with one attached hydrogen (secondary N) is 4. The molecule has 2 saturated carbocycles. The number of hydrazine groups is 1. The molecule has 7 atom stereocenters. The van der Waals surface area contributed by atoms with Crippen LogP contribution in [0.3, 0.4) is 0 Å². The van der Waals surface area contributed by atoms with Crippen LogP contribution in [0.15, 0.2) is 36.4 Å². The maximum absolute atomic E-state index is 13.0. The number of hydrogen-bond acceptors (Lipinski definition) is 11. The summed E-state index contributed by atoms with van der Waals surface area (Å²) >= 11 is 0. The Kier molecular flexibility index (Phi) is 13.2. The molecule has 290 valence electrons. The van der Waals surface area contributed by atoms with Crippen LogP contribution in [0.4, 0.5) is 0 Å². The Morgan fingerprint density at radius 1 is 0.685 bits per heavy atom. The van der Waals surface area contributed by atoms with Crippen molar-refractivity contribution in [1.29, 1.82) is 0 Å². The second-order valence-electron chi connectivity index (χ2n) is 15.5. The molecule has 0 radical (unpaired) electrons. The molecular formula is C37H51B2N5O10. The Bertz CT molecular complexity index is 1690. The molecule has 54 heavy (non-hydrogen) atoms. The summed E-state index contributed by atoms with van der Waals surface area (Å²) in [6.45, 7) is 2.05. The van der Waals surface area contributed by atoms with E-state index in [1.807, 2.05) is 0 Å². The topological polar surface area (TPSA) is 242 Å². The highest BCUT2D eigenvalue weighted by molar-refractivity contribution is 6.47. The summed E-state index contributed by atoms with van der Waals surface area (Å²) in [7, 11) is -2.68. The lowest BCUT2D eigenvalue weighted by molar-refractivity contribution is -0.123. The van der Waals surface area contributed by atoms with Crippen LogP contribution in [0, 0.1) is 29.6 Å². The van der Waals surface area contributed by atoms with Gasteiger partial charge in [-0.2, -0.15) is 0 Å². The average Bonchev–Trinajstić information content (AvgIpc) is 3.14. The number of rotatable bonds is 14. The van der Waals surface area contributed by atoms with Gasteiger partial charge in [0.2, 0.25) is 11.8 Å². The number of nitrogens with two attached hydrogens (primary N) is 1. The van der Waals surface area contributed by atoms with Crippen molar-refractivity contribution >= 4 is 38.0 Å². The van der Waals surface area contributed by atoms with E-state index >= 15 is 0 Å². The summed E-state index contributed by atoms with van der Waals surface area (Å²) < 4.78 is 11.0. The molecule has 2 aromatic carbocycles. The minimum absolute atomic E-state index is 0.0140. The number of hydrogen-bond donors (Lipinski definition) is 9. The van der Waals surface area contributed by atoms with Gasteiger partial charge in [-0.25, -0.2) is 9.59 Å². The molecule has 17 heteroatoms. The number of carbonyl (C=O) groups excluding carboxylic acids is 2. The van der Waals surface area contributed by atoms with Gasteiger partial charge >= 0.3 is 26.2 Å². The normalized spacial score (nSPS) is 26.4. The number of amides is 2. The van der Waals surface area contributed by atoms with Crippen molar-refractivity contribution in [2.75, 3.05) is 19.6 Å². The van der Waals surface area contributed by atoms with Crippen molar-refractivity contribution in [2.45, 2.75) is 82.5 Å². The lowest BCUT2D eigenvalue weighted by Gasteiger charge is -2.36. The molecule has 6 rings (SSSR count). The summed E-state index contributed by atoms with van der Waals surface area (Å²) in [5.41, 5.74) is 14.2. The standard InChI is InChI=1S/C37H51B2N5O10/c40-18-27-13-22(15-33(46)44-31-17-25-7-3-9-29(37(49)50)35(25)54-39(31)52)10-11-26(27)20-42-41-19-23-5-1-4-21(12-23)14-32(45)43-30-16-24-6-2-8-28(36(47)48)34(24)53-38(30)51/h2-3,6-9,21-23,26-27,30-31,41-42,51-52H,1,4-5,10-20,40H2,(H,43,45)(H,44,46)(H,47,48)(H,49,50)/t21-,22+,23+,26-,27-,30-,31-/m0/s1. The summed E-state index contributed by atoms with van der Waals surface area (Å²) in [4.78, 5) is 49.1. The van der Waals surface area contributed by atoms with Crippen molar-refractivity contribution in [2.24, 2.45) is 35.3 Å². The van der Waals surface area contributed by atoms with Gasteiger partial charge in [0.15, 0.2) is 0 Å². The highest BCUT2D eigenvalue weighted by Crippen LogP contribution is 2.36. The number of benzene rings is 2. The number of carboxylic acid groups (broad SMARTS) is 2. The SMILES string of the molecule is NC[C@@H]1C[C@H](CC(=O)N[C@H]2Cc3cccc(C(=O)O)c3OB2O)CC[C@H]1CNNC[C@@H]1CCC[C@H](CC(=O)N[C@H]2Cc3cccc(C(=O)O)c3OB2O)C1. The largest absolute Gasteiger partial charge is 0.547 e. The van der Waals surface area contributed by atoms with Crippen LogP contribution in [-0.4, -0.2) is 89.8 Å². The van der Waals surface area contributed by atoms with Gasteiger partial charge in [-0.1, -0.05) is 30.7 Å². The van der Waals surface area contributed by atoms with E-state index in [2.05, 4.69) is 21.5 Å². The van der Waals surface area contributed by atoms with E-state index in [9.17, 15) is 39.4 Å². The van der Waals surface area contributed by atoms with Crippen molar-refractivity contribution in [3.05, 3.63) is 58.7 Å². The molecule has 2 aromatic rings. The molecule has 4 aliphatic rings. The number of para-hydroxylation sites is 2. The Hall–Kier alpha value is -4.15. The fourth-order valence-electron chi connectivity index (χ4n) is 8.85. The molecule has 10 N–H and O–H groups in total. The third-order valence-electron chi connectivity index (χ3n) is 11.7. The second-order valence-corrected chi connectivity index (χ2v) is 15.5. The van der Waals surface area contributed by atoms with E-state index in [0.717, 1.165) is 58.0 Å². The molecule has 0 bridgehead atoms. The van der Waals surface area contributed by atoms with Gasteiger partial charge in [-0.3, -0.25) is 20.4 Å². The third kappa shape index (κ3) is 9.74. The van der Waals surface area contributed by atoms with Crippen LogP contribution in [0.2, 0.25) is 0 Å². The molecule has 2 amide bonds. The molecule has 2 heterocycles. The van der Waals surface area contributed by atoms with Gasteiger partial charge in [0.1, 0.15) is 11.5 Å². The number of carboxylic acids is 2. The van der Waals surface area contributed by atoms with E-state index in [1.54, 1.807) is 24.3 Å². The Labute approximate surface area is 315 Å². The van der Waals surface area contributed by atoms with Crippen molar-refractivity contribution in [3.8, 4) is 11.5 Å². The average molecular weight is 747 g/mol. The monoisotopic (exact) mass is 747 g/mol. The van der Waals surface area contributed by atoms with Crippen molar-refractivity contribution < 1.29 is 48.7 Å². The molecule has 0 saturated heterocycles. The van der Waals surface area contributed by atoms with Crippen molar-refractivity contribution in [1.82, 2.24) is 21.5 Å². The summed E-state index contributed by atoms with van der Waals surface area (Å²) in [6, 6.07) is 9.58. The smallest absolute Gasteiger partial charge is 0.534 e. The van der Waals surface area contributed by atoms with Crippen LogP contribution in [0.1, 0.15) is 89.6 Å². The fourth-order valence-corrected chi connectivity index (χ4v) is 8.85. The Balaban J connectivity index is 0.881. The molecule has 0 aromatic heterocycles. The molecule has 2 aliphatic carbocycles. The summed E-state index contributed by atoms with van der Waals surface area (Å²) in [5.74, 6) is -2.23. The third-order valence-corrected chi connectivity index (χ3v) is 11.7. The van der Waals surface area contributed by atoms with Crippen LogP contribution >= 0.6 is 0 Å². The molecule has 0 spiro atoms. The van der Waals surface area contributed by atoms with E-state index < -0.39 is 38.1 Å². The maximum Gasteiger partial charge on any atom is 0.547 e. The van der Waals surface area contributed by atoms with Gasteiger partial charge in [0.25, 0.3) is 0 Å². The molecular weight excluding hydrogens is 696 g/mol. The first-order chi connectivity index (χ1) is 26.0. The predicted octanol–water partition coefficient (Wildman–Crippen LogP) is 1.33. The second kappa shape index (κ2) is 18.0. The van der Waals surface area contributed by atoms with Gasteiger partial charge in [-0.15, -0.1) is 0 Å². The fraction of sp³-hybridized carbons (Fsp3) is 0.568. The molecule has 2 fully saturated rings. The zero-order valence-electron chi connectivity index (χ0n) is 30.4. The van der Waals surface area contributed by atoms with Gasteiger partial charge in [0.05, 0.1) is 23.0 Å². The van der Waals surface area contributed by atoms with E-state index in [4.69, 9.17) is 15.0 Å². The Morgan fingerprint density at radius 3 is 1.74 bits per heavy atom. The number of fused-ring (bicyclic) bond motifs is 2. The summed E-state index contributed by atoms with van der Waals surface area (Å²) in [5, 5.41) is 45.7. The zero-order chi connectivity index (χ0) is 38.4. The van der Waals surface area contributed by atoms with Gasteiger partial charge in [0, 0.05) is 25.9 Å². The molecule has 15 nitrogen and oxygen atoms in total. The van der Waals surface area contributed by atoms with Crippen molar-refractivity contribution in [3.63, 3.8) is 0 Å². The number of carbonyl (C=O) groups is 4. The zero-order valence-corrected chi connectivity index (χ0v) is 30.4. The van der Waals surface area contributed by atoms with Gasteiger partial charge < -0.3 is 45.9 Å². The quantitative estimate of drug-likeness (QED) is 0.0754. The minimum atomic E-state index is -1.35. The highest BCUT2D eigenvalue weighted by Gasteiger charge is 2.40. The first kappa shape index (κ1) is 39.5. The minimum Gasteiger partial charge on any atom is -0.534 e. The maximum atomic E-state index is 13.0. The summed E-state index contributed by atoms with van der Waals surface area (Å²) in [6.07, 6.45) is 7.85. The first-order valence-corrected chi connectivity index (χ1v) is 19.1. The van der Waals surface area contributed by atoms with Crippen LogP contribution < -0.4 is 36.5 Å². The van der Waals surface area contributed by atoms with Crippen LogP contribution in [0.25, 0.3) is 0 Å². The van der Waals surface area contributed by atoms with E-state index in [0.29, 0.717) is 42.3 Å². The van der Waals surface area contributed by atoms with Gasteiger partial charge in [-0.05, 0) is 111 Å². The first-order valence-electron chi connectivity index (χ1n) is 19.1. The van der Waals surface area contributed by atoms with Crippen LogP contribution in [0.5, 0.6) is 11.5 Å². The lowest BCUT2D eigenvalue weighted by Crippen LogP contribution is -2.53. The van der Waals surface area contributed by atoms with E-state index in [1.165, 1.54) is 12.1 Å². The predicted molar refractivity (Wildman–Crippen MR) is 199 cm³/mol. The van der Waals surface area contributed by atoms with E-state index in [-0.39, 0.29) is 65.0 Å². The molecule has 0 unspecified atom stereocenters. The highest BCUT2D eigenvalue weighted by atomic mass is 16.5. The number of aromatic carboxylic acids is 2. The van der Waals surface area contributed by atoms with Crippen LogP contribution in [-0.2, 0) is 22.4 Å². The lowest BCUT2D eigenvalue weighted by atomic mass is 9.71.